The van der Waals surface area contributed by atoms with Crippen molar-refractivity contribution in [1.29, 1.82) is 0 Å². The van der Waals surface area contributed by atoms with Gasteiger partial charge in [0.1, 0.15) is 5.17 Å². The van der Waals surface area contributed by atoms with Crippen LogP contribution in [0.2, 0.25) is 0 Å². The van der Waals surface area contributed by atoms with Gasteiger partial charge in [0, 0.05) is 12.1 Å². The molecule has 0 aromatic carbocycles. The summed E-state index contributed by atoms with van der Waals surface area (Å²) in [5.74, 6) is 0.300. The van der Waals surface area contributed by atoms with Gasteiger partial charge in [-0.15, -0.1) is 0 Å². The number of nitrogens with zero attached hydrogens (tertiary/aromatic N) is 1. The number of hydrogen-bond acceptors (Lipinski definition) is 1. The number of hydrogen-bond donors (Lipinski definition) is 0. The summed E-state index contributed by atoms with van der Waals surface area (Å²) >= 11 is 11.5. The summed E-state index contributed by atoms with van der Waals surface area (Å²) in [5.41, 5.74) is 0. The molecule has 60 valence electrons. The molecule has 0 N–H and O–H groups in total. The van der Waals surface area contributed by atoms with E-state index in [0.29, 0.717) is 16.1 Å². The van der Waals surface area contributed by atoms with Crippen LogP contribution in [-0.2, 0) is 0 Å². The maximum Gasteiger partial charge on any atom is 0.109 e. The number of rotatable bonds is 0. The summed E-state index contributed by atoms with van der Waals surface area (Å²) in [5, 5.41) is 1.24. The Kier molecular flexibility index (Phi) is 3.16. The zero-order valence-corrected chi connectivity index (χ0v) is 7.73. The average Bonchev–Trinajstić information content (AvgIpc) is 1.98. The second-order valence-electron chi connectivity index (χ2n) is 2.50. The molecule has 0 spiro atoms. The summed E-state index contributed by atoms with van der Waals surface area (Å²) < 4.78 is 0. The molecule has 0 aromatic rings. The number of aliphatic imine (C=N–C) groups is 1. The maximum absolute atomic E-state index is 5.82. The first-order valence-corrected chi connectivity index (χ1v) is 4.21. The van der Waals surface area contributed by atoms with Crippen molar-refractivity contribution in [2.45, 2.75) is 13.3 Å². The topological polar surface area (TPSA) is 12.4 Å². The van der Waals surface area contributed by atoms with Crippen molar-refractivity contribution in [3.05, 3.63) is 23.4 Å². The molecule has 1 atom stereocenters. The molecule has 1 unspecified atom stereocenters. The van der Waals surface area contributed by atoms with E-state index in [1.165, 1.54) is 0 Å². The smallest absolute Gasteiger partial charge is 0.109 e. The molecular formula is C8H9Cl2N. The van der Waals surface area contributed by atoms with E-state index in [1.54, 1.807) is 6.20 Å². The van der Waals surface area contributed by atoms with E-state index in [9.17, 15) is 0 Å². The lowest BCUT2D eigenvalue weighted by Crippen LogP contribution is -2.03. The third-order valence-electron chi connectivity index (χ3n) is 1.48. The predicted octanol–water partition coefficient (Wildman–Crippen LogP) is 3.30. The summed E-state index contributed by atoms with van der Waals surface area (Å²) in [4.78, 5) is 3.98. The second kappa shape index (κ2) is 3.93. The molecule has 0 saturated heterocycles. The Balaban J connectivity index is 2.84. The highest BCUT2D eigenvalue weighted by molar-refractivity contribution is 6.66. The van der Waals surface area contributed by atoms with E-state index in [1.807, 2.05) is 19.1 Å². The van der Waals surface area contributed by atoms with E-state index >= 15 is 0 Å². The monoisotopic (exact) mass is 189 g/mol. The molecule has 1 aliphatic heterocycles. The Hall–Kier alpha value is -0.270. The fourth-order valence-electron chi connectivity index (χ4n) is 0.776. The molecule has 1 aliphatic rings. The van der Waals surface area contributed by atoms with Gasteiger partial charge in [0.2, 0.25) is 0 Å². The van der Waals surface area contributed by atoms with Crippen LogP contribution in [0.25, 0.3) is 0 Å². The lowest BCUT2D eigenvalue weighted by Gasteiger charge is -2.06. The Bertz CT molecular complexity index is 228. The summed E-state index contributed by atoms with van der Waals surface area (Å²) in [7, 11) is 0. The van der Waals surface area contributed by atoms with Crippen molar-refractivity contribution >= 4 is 28.4 Å². The Morgan fingerprint density at radius 1 is 1.55 bits per heavy atom. The van der Waals surface area contributed by atoms with Crippen molar-refractivity contribution in [2.24, 2.45) is 10.9 Å². The van der Waals surface area contributed by atoms with Crippen LogP contribution in [0.5, 0.6) is 0 Å². The van der Waals surface area contributed by atoms with Crippen LogP contribution < -0.4 is 0 Å². The zero-order valence-electron chi connectivity index (χ0n) is 6.22. The van der Waals surface area contributed by atoms with Crippen LogP contribution in [0.15, 0.2) is 28.4 Å². The molecule has 0 bridgehead atoms. The third kappa shape index (κ3) is 2.68. The number of halogens is 2. The van der Waals surface area contributed by atoms with E-state index in [0.717, 1.165) is 6.42 Å². The minimum atomic E-state index is 0.300. The predicted molar refractivity (Wildman–Crippen MR) is 50.1 cm³/mol. The van der Waals surface area contributed by atoms with Crippen molar-refractivity contribution in [3.8, 4) is 0 Å². The van der Waals surface area contributed by atoms with Gasteiger partial charge >= 0.3 is 0 Å². The minimum absolute atomic E-state index is 0.300. The molecule has 3 heteroatoms. The van der Waals surface area contributed by atoms with Crippen molar-refractivity contribution in [2.75, 3.05) is 0 Å². The van der Waals surface area contributed by atoms with E-state index in [4.69, 9.17) is 23.2 Å². The van der Waals surface area contributed by atoms with Crippen LogP contribution in [0, 0.1) is 5.92 Å². The first-order chi connectivity index (χ1) is 5.20. The second-order valence-corrected chi connectivity index (χ2v) is 3.33. The molecule has 1 nitrogen and oxygen atoms in total. The van der Waals surface area contributed by atoms with Gasteiger partial charge < -0.3 is 0 Å². The molecule has 0 aromatic heterocycles. The van der Waals surface area contributed by atoms with Crippen molar-refractivity contribution in [1.82, 2.24) is 0 Å². The highest BCUT2D eigenvalue weighted by Gasteiger charge is 2.06. The van der Waals surface area contributed by atoms with Gasteiger partial charge in [-0.05, 0) is 12.5 Å². The average molecular weight is 190 g/mol. The first-order valence-electron chi connectivity index (χ1n) is 3.45. The molecule has 0 radical (unpaired) electrons. The lowest BCUT2D eigenvalue weighted by molar-refractivity contribution is 0.799. The highest BCUT2D eigenvalue weighted by atomic mass is 35.5. The van der Waals surface area contributed by atoms with Crippen molar-refractivity contribution in [3.63, 3.8) is 0 Å². The largest absolute Gasteiger partial charge is 0.247 e. The summed E-state index contributed by atoms with van der Waals surface area (Å²) in [6.45, 7) is 2.03. The van der Waals surface area contributed by atoms with Crippen LogP contribution >= 0.6 is 23.2 Å². The first kappa shape index (κ1) is 8.82. The van der Waals surface area contributed by atoms with E-state index < -0.39 is 0 Å². The van der Waals surface area contributed by atoms with E-state index in [2.05, 4.69) is 4.99 Å². The summed E-state index contributed by atoms with van der Waals surface area (Å²) in [6, 6.07) is 0. The fraction of sp³-hybridized carbons (Fsp3) is 0.375. The highest BCUT2D eigenvalue weighted by Crippen LogP contribution is 2.15. The Morgan fingerprint density at radius 3 is 3.00 bits per heavy atom. The molecule has 11 heavy (non-hydrogen) atoms. The van der Waals surface area contributed by atoms with Crippen LogP contribution in [0.1, 0.15) is 13.3 Å². The lowest BCUT2D eigenvalue weighted by atomic mass is 10.1. The molecule has 1 heterocycles. The van der Waals surface area contributed by atoms with Crippen LogP contribution in [0.3, 0.4) is 0 Å². The normalized spacial score (nSPS) is 25.2. The fourth-order valence-corrected chi connectivity index (χ4v) is 1.05. The van der Waals surface area contributed by atoms with Gasteiger partial charge in [-0.3, -0.25) is 0 Å². The van der Waals surface area contributed by atoms with Crippen LogP contribution in [0.4, 0.5) is 0 Å². The molecular weight excluding hydrogens is 181 g/mol. The Morgan fingerprint density at radius 2 is 2.27 bits per heavy atom. The van der Waals surface area contributed by atoms with Gasteiger partial charge in [0.15, 0.2) is 0 Å². The molecule has 1 rings (SSSR count). The van der Waals surface area contributed by atoms with E-state index in [-0.39, 0.29) is 0 Å². The van der Waals surface area contributed by atoms with Crippen LogP contribution in [-0.4, -0.2) is 5.17 Å². The molecule has 0 amide bonds. The summed E-state index contributed by atoms with van der Waals surface area (Å²) in [6.07, 6.45) is 6.30. The maximum atomic E-state index is 5.82. The van der Waals surface area contributed by atoms with Gasteiger partial charge in [-0.1, -0.05) is 36.2 Å². The Labute approximate surface area is 76.4 Å². The van der Waals surface area contributed by atoms with Crippen molar-refractivity contribution < 1.29 is 0 Å². The van der Waals surface area contributed by atoms with Gasteiger partial charge in [-0.2, -0.15) is 0 Å². The number of allylic oxidation sites excluding steroid dienone is 3. The minimum Gasteiger partial charge on any atom is -0.247 e. The van der Waals surface area contributed by atoms with Gasteiger partial charge in [0.05, 0.1) is 5.03 Å². The van der Waals surface area contributed by atoms with Gasteiger partial charge in [-0.25, -0.2) is 4.99 Å². The standard InChI is InChI=1S/C8H9Cl2N/c1-6-3-2-4-7(9)5-11-8(6)10/h2,4-6H,3H2,1H3. The SMILES string of the molecule is CC1CC=CC(Cl)=CN=C1Cl. The third-order valence-corrected chi connectivity index (χ3v) is 2.18. The quantitative estimate of drug-likeness (QED) is 0.555. The zero-order chi connectivity index (χ0) is 8.27. The molecule has 0 aliphatic carbocycles. The van der Waals surface area contributed by atoms with Gasteiger partial charge in [0.25, 0.3) is 0 Å². The molecule has 0 fully saturated rings. The molecule has 0 saturated carbocycles.